The number of carbonyl (C=O) groups excluding carboxylic acids is 1. The predicted molar refractivity (Wildman–Crippen MR) is 100 cm³/mol. The van der Waals surface area contributed by atoms with Crippen LogP contribution in [-0.4, -0.2) is 37.3 Å². The van der Waals surface area contributed by atoms with Gasteiger partial charge < -0.3 is 9.84 Å². The van der Waals surface area contributed by atoms with Crippen molar-refractivity contribution >= 4 is 21.6 Å². The maximum atomic E-state index is 12.2. The van der Waals surface area contributed by atoms with E-state index in [0.29, 0.717) is 11.5 Å². The molecule has 27 heavy (non-hydrogen) atoms. The van der Waals surface area contributed by atoms with Crippen LogP contribution in [0.4, 0.5) is 5.69 Å². The molecule has 1 N–H and O–H groups in total. The molecule has 140 valence electrons. The summed E-state index contributed by atoms with van der Waals surface area (Å²) >= 11 is 0. The fourth-order valence-corrected chi connectivity index (χ4v) is 3.24. The molecule has 3 aromatic rings. The molecule has 0 saturated heterocycles. The van der Waals surface area contributed by atoms with Crippen LogP contribution in [0.3, 0.4) is 0 Å². The molecule has 0 bridgehead atoms. The molecule has 0 aliphatic rings. The molecule has 0 atom stereocenters. The fourth-order valence-electron chi connectivity index (χ4n) is 2.39. The highest BCUT2D eigenvalue weighted by molar-refractivity contribution is 7.92. The summed E-state index contributed by atoms with van der Waals surface area (Å²) in [6.07, 6.45) is 1.05. The predicted octanol–water partition coefficient (Wildman–Crippen LogP) is 1.82. The first kappa shape index (κ1) is 18.6. The van der Waals surface area contributed by atoms with Crippen LogP contribution in [0.25, 0.3) is 11.4 Å². The number of carbonyl (C=O) groups is 1. The van der Waals surface area contributed by atoms with E-state index in [1.165, 1.54) is 0 Å². The molecule has 1 amide bonds. The molecule has 1 heterocycles. The van der Waals surface area contributed by atoms with Crippen molar-refractivity contribution in [2.24, 2.45) is 0 Å². The van der Waals surface area contributed by atoms with Crippen LogP contribution in [0.2, 0.25) is 0 Å². The Labute approximate surface area is 156 Å². The van der Waals surface area contributed by atoms with Gasteiger partial charge in [0.25, 0.3) is 0 Å². The lowest BCUT2D eigenvalue weighted by atomic mass is 10.2. The summed E-state index contributed by atoms with van der Waals surface area (Å²) in [6.45, 7) is -0.340. The van der Waals surface area contributed by atoms with Gasteiger partial charge in [-0.2, -0.15) is 4.98 Å². The zero-order chi connectivity index (χ0) is 19.3. The topological polar surface area (TPSA) is 105 Å². The number of hydrogen-bond acceptors (Lipinski definition) is 6. The van der Waals surface area contributed by atoms with Crippen LogP contribution in [-0.2, 0) is 21.4 Å². The van der Waals surface area contributed by atoms with Gasteiger partial charge >= 0.3 is 0 Å². The Bertz CT molecular complexity index is 1000. The Hall–Kier alpha value is -3.20. The Kier molecular flexibility index (Phi) is 5.51. The van der Waals surface area contributed by atoms with Crippen molar-refractivity contribution in [3.8, 4) is 11.4 Å². The normalized spacial score (nSPS) is 11.1. The first-order valence-corrected chi connectivity index (χ1v) is 9.96. The van der Waals surface area contributed by atoms with Crippen molar-refractivity contribution in [2.75, 3.05) is 17.1 Å². The molecular formula is C18H18N4O4S. The van der Waals surface area contributed by atoms with Crippen LogP contribution in [0.1, 0.15) is 5.89 Å². The number of rotatable bonds is 7. The van der Waals surface area contributed by atoms with Crippen molar-refractivity contribution in [2.45, 2.75) is 6.54 Å². The highest BCUT2D eigenvalue weighted by Crippen LogP contribution is 2.17. The third kappa shape index (κ3) is 4.91. The van der Waals surface area contributed by atoms with Crippen LogP contribution >= 0.6 is 0 Å². The van der Waals surface area contributed by atoms with Gasteiger partial charge in [0.2, 0.25) is 27.6 Å². The first-order chi connectivity index (χ1) is 12.9. The summed E-state index contributed by atoms with van der Waals surface area (Å²) in [6, 6.07) is 17.7. The molecule has 1 aromatic heterocycles. The van der Waals surface area contributed by atoms with Gasteiger partial charge in [-0.15, -0.1) is 0 Å². The van der Waals surface area contributed by atoms with Crippen molar-refractivity contribution in [3.63, 3.8) is 0 Å². The van der Waals surface area contributed by atoms with E-state index in [1.54, 1.807) is 30.3 Å². The minimum Gasteiger partial charge on any atom is -0.345 e. The van der Waals surface area contributed by atoms with E-state index in [4.69, 9.17) is 4.52 Å². The fraction of sp³-hybridized carbons (Fsp3) is 0.167. The van der Waals surface area contributed by atoms with Crippen LogP contribution < -0.4 is 9.62 Å². The van der Waals surface area contributed by atoms with Crippen LogP contribution in [0, 0.1) is 0 Å². The number of amides is 1. The number of para-hydroxylation sites is 1. The van der Waals surface area contributed by atoms with Gasteiger partial charge in [-0.05, 0) is 12.1 Å². The van der Waals surface area contributed by atoms with E-state index in [2.05, 4.69) is 15.5 Å². The summed E-state index contributed by atoms with van der Waals surface area (Å²) in [4.78, 5) is 16.4. The van der Waals surface area contributed by atoms with Crippen molar-refractivity contribution in [1.82, 2.24) is 15.5 Å². The number of benzene rings is 2. The monoisotopic (exact) mass is 386 g/mol. The Morgan fingerprint density at radius 1 is 1.07 bits per heavy atom. The number of anilines is 1. The molecule has 3 rings (SSSR count). The molecule has 2 aromatic carbocycles. The first-order valence-electron chi connectivity index (χ1n) is 8.11. The van der Waals surface area contributed by atoms with Gasteiger partial charge in [0, 0.05) is 5.56 Å². The van der Waals surface area contributed by atoms with E-state index >= 15 is 0 Å². The highest BCUT2D eigenvalue weighted by atomic mass is 32.2. The van der Waals surface area contributed by atoms with Gasteiger partial charge in [0.15, 0.2) is 0 Å². The second-order valence-electron chi connectivity index (χ2n) is 5.76. The summed E-state index contributed by atoms with van der Waals surface area (Å²) in [5.41, 5.74) is 1.21. The van der Waals surface area contributed by atoms with Gasteiger partial charge in [0.05, 0.1) is 18.5 Å². The number of sulfonamides is 1. The summed E-state index contributed by atoms with van der Waals surface area (Å²) in [7, 11) is -3.61. The van der Waals surface area contributed by atoms with Gasteiger partial charge in [-0.3, -0.25) is 9.10 Å². The maximum Gasteiger partial charge on any atom is 0.246 e. The van der Waals surface area contributed by atoms with Crippen LogP contribution in [0.15, 0.2) is 65.2 Å². The Morgan fingerprint density at radius 3 is 2.33 bits per heavy atom. The Balaban J connectivity index is 1.63. The minimum absolute atomic E-state index is 0.00502. The SMILES string of the molecule is CS(=O)(=O)N(CC(=O)NCc1nc(-c2ccccc2)no1)c1ccccc1. The maximum absolute atomic E-state index is 12.2. The van der Waals surface area contributed by atoms with Crippen molar-refractivity contribution in [3.05, 3.63) is 66.6 Å². The minimum atomic E-state index is -3.61. The quantitative estimate of drug-likeness (QED) is 0.664. The van der Waals surface area contributed by atoms with Gasteiger partial charge in [-0.1, -0.05) is 53.7 Å². The number of aromatic nitrogens is 2. The summed E-state index contributed by atoms with van der Waals surface area (Å²) in [5.74, 6) is 0.165. The smallest absolute Gasteiger partial charge is 0.246 e. The van der Waals surface area contributed by atoms with Crippen molar-refractivity contribution in [1.29, 1.82) is 0 Å². The van der Waals surface area contributed by atoms with E-state index < -0.39 is 15.9 Å². The largest absolute Gasteiger partial charge is 0.345 e. The number of nitrogens with one attached hydrogen (secondary N) is 1. The second-order valence-corrected chi connectivity index (χ2v) is 7.67. The second kappa shape index (κ2) is 8.00. The number of hydrogen-bond donors (Lipinski definition) is 1. The molecule has 0 unspecified atom stereocenters. The van der Waals surface area contributed by atoms with Gasteiger partial charge in [-0.25, -0.2) is 8.42 Å². The Morgan fingerprint density at radius 2 is 1.70 bits per heavy atom. The molecule has 0 aliphatic heterocycles. The third-order valence-corrected chi connectivity index (χ3v) is 4.81. The van der Waals surface area contributed by atoms with E-state index in [0.717, 1.165) is 16.1 Å². The molecule has 0 saturated carbocycles. The van der Waals surface area contributed by atoms with E-state index in [9.17, 15) is 13.2 Å². The molecule has 8 nitrogen and oxygen atoms in total. The lowest BCUT2D eigenvalue weighted by Crippen LogP contribution is -2.40. The van der Waals surface area contributed by atoms with E-state index in [-0.39, 0.29) is 19.0 Å². The lowest BCUT2D eigenvalue weighted by Gasteiger charge is -2.21. The third-order valence-electron chi connectivity index (χ3n) is 3.67. The highest BCUT2D eigenvalue weighted by Gasteiger charge is 2.21. The zero-order valence-electron chi connectivity index (χ0n) is 14.6. The molecule has 0 spiro atoms. The molecule has 0 aliphatic carbocycles. The molecule has 0 radical (unpaired) electrons. The van der Waals surface area contributed by atoms with Gasteiger partial charge in [0.1, 0.15) is 6.54 Å². The lowest BCUT2D eigenvalue weighted by molar-refractivity contribution is -0.119. The molecular weight excluding hydrogens is 368 g/mol. The average molecular weight is 386 g/mol. The average Bonchev–Trinajstić information content (AvgIpc) is 3.14. The molecule has 9 heteroatoms. The molecule has 0 fully saturated rings. The summed E-state index contributed by atoms with van der Waals surface area (Å²) in [5, 5.41) is 6.46. The summed E-state index contributed by atoms with van der Waals surface area (Å²) < 4.78 is 30.2. The van der Waals surface area contributed by atoms with Crippen molar-refractivity contribution < 1.29 is 17.7 Å². The van der Waals surface area contributed by atoms with Crippen LogP contribution in [0.5, 0.6) is 0 Å². The standard InChI is InChI=1S/C18H18N4O4S/c1-27(24,25)22(15-10-6-3-7-11-15)13-16(23)19-12-17-20-18(21-26-17)14-8-4-2-5-9-14/h2-11H,12-13H2,1H3,(H,19,23). The zero-order valence-corrected chi connectivity index (χ0v) is 15.4. The van der Waals surface area contributed by atoms with E-state index in [1.807, 2.05) is 30.3 Å². The number of nitrogens with zero attached hydrogens (tertiary/aromatic N) is 3.